The summed E-state index contributed by atoms with van der Waals surface area (Å²) in [7, 11) is 0. The van der Waals surface area contributed by atoms with Gasteiger partial charge in [-0.25, -0.2) is 0 Å². The molecule has 0 amide bonds. The number of hydrogen-bond donors (Lipinski definition) is 1. The van der Waals surface area contributed by atoms with E-state index in [1.165, 1.54) is 12.8 Å². The smallest absolute Gasteiger partial charge is 0.283 e. The number of nitro benzene ring substituents is 1. The second-order valence-corrected chi connectivity index (χ2v) is 6.53. The Labute approximate surface area is 126 Å². The Kier molecular flexibility index (Phi) is 4.05. The summed E-state index contributed by atoms with van der Waals surface area (Å²) in [5, 5.41) is 14.5. The number of nitrogens with zero attached hydrogens (tertiary/aromatic N) is 2. The normalized spacial score (nSPS) is 26.4. The van der Waals surface area contributed by atoms with Crippen LogP contribution in [0.5, 0.6) is 0 Å². The summed E-state index contributed by atoms with van der Waals surface area (Å²) in [5.41, 5.74) is 1.17. The molecule has 0 spiro atoms. The SMILES string of the molecule is O=[N+]([O-])c1cc(CN2CCC3NCCC3C2)ccc1Br. The third-order valence-electron chi connectivity index (χ3n) is 4.35. The quantitative estimate of drug-likeness (QED) is 0.679. The van der Waals surface area contributed by atoms with Gasteiger partial charge in [-0.2, -0.15) is 0 Å². The summed E-state index contributed by atoms with van der Waals surface area (Å²) in [5.74, 6) is 0.745. The summed E-state index contributed by atoms with van der Waals surface area (Å²) in [6.07, 6.45) is 2.44. The van der Waals surface area contributed by atoms with Crippen molar-refractivity contribution in [3.8, 4) is 0 Å². The minimum Gasteiger partial charge on any atom is -0.314 e. The van der Waals surface area contributed by atoms with Crippen molar-refractivity contribution in [2.75, 3.05) is 19.6 Å². The number of likely N-dealkylation sites (tertiary alicyclic amines) is 1. The Balaban J connectivity index is 1.68. The summed E-state index contributed by atoms with van der Waals surface area (Å²) >= 11 is 3.23. The Morgan fingerprint density at radius 1 is 1.45 bits per heavy atom. The highest BCUT2D eigenvalue weighted by Crippen LogP contribution is 2.28. The van der Waals surface area contributed by atoms with Crippen LogP contribution in [0.25, 0.3) is 0 Å². The lowest BCUT2D eigenvalue weighted by Gasteiger charge is -2.34. The Morgan fingerprint density at radius 3 is 3.10 bits per heavy atom. The molecule has 2 heterocycles. The molecule has 2 fully saturated rings. The van der Waals surface area contributed by atoms with Crippen LogP contribution < -0.4 is 5.32 Å². The maximum Gasteiger partial charge on any atom is 0.283 e. The van der Waals surface area contributed by atoms with Crippen molar-refractivity contribution in [2.24, 2.45) is 5.92 Å². The zero-order valence-corrected chi connectivity index (χ0v) is 12.8. The highest BCUT2D eigenvalue weighted by atomic mass is 79.9. The fourth-order valence-electron chi connectivity index (χ4n) is 3.32. The standard InChI is InChI=1S/C14H18BrN3O2/c15-12-2-1-10(7-14(12)18(19)20)8-17-6-4-13-11(9-17)3-5-16-13/h1-2,7,11,13,16H,3-6,8-9H2. The minimum atomic E-state index is -0.333. The van der Waals surface area contributed by atoms with Crippen molar-refractivity contribution in [1.29, 1.82) is 0 Å². The predicted molar refractivity (Wildman–Crippen MR) is 80.6 cm³/mol. The molecule has 108 valence electrons. The Bertz CT molecular complexity index is 523. The number of rotatable bonds is 3. The second-order valence-electron chi connectivity index (χ2n) is 5.68. The van der Waals surface area contributed by atoms with Gasteiger partial charge in [0.25, 0.3) is 5.69 Å². The molecule has 2 unspecified atom stereocenters. The van der Waals surface area contributed by atoms with Gasteiger partial charge in [-0.15, -0.1) is 0 Å². The van der Waals surface area contributed by atoms with Crippen molar-refractivity contribution in [1.82, 2.24) is 10.2 Å². The zero-order chi connectivity index (χ0) is 14.1. The van der Waals surface area contributed by atoms with Gasteiger partial charge in [0, 0.05) is 25.2 Å². The number of nitrogens with one attached hydrogen (secondary N) is 1. The van der Waals surface area contributed by atoms with Crippen LogP contribution in [0.15, 0.2) is 22.7 Å². The predicted octanol–water partition coefficient (Wildman–Crippen LogP) is 2.54. The second kappa shape index (κ2) is 5.79. The van der Waals surface area contributed by atoms with Crippen LogP contribution in [0.4, 0.5) is 5.69 Å². The van der Waals surface area contributed by atoms with Gasteiger partial charge < -0.3 is 5.32 Å². The van der Waals surface area contributed by atoms with Crippen LogP contribution in [0.2, 0.25) is 0 Å². The first-order valence-corrected chi connectivity index (χ1v) is 7.81. The molecule has 3 rings (SSSR count). The number of nitro groups is 1. The topological polar surface area (TPSA) is 58.4 Å². The number of piperidine rings is 1. The molecule has 2 atom stereocenters. The number of halogens is 1. The minimum absolute atomic E-state index is 0.153. The van der Waals surface area contributed by atoms with E-state index < -0.39 is 0 Å². The molecule has 0 aliphatic carbocycles. The molecule has 2 aliphatic heterocycles. The highest BCUT2D eigenvalue weighted by molar-refractivity contribution is 9.10. The molecular weight excluding hydrogens is 322 g/mol. The van der Waals surface area contributed by atoms with E-state index in [0.29, 0.717) is 10.5 Å². The average molecular weight is 340 g/mol. The van der Waals surface area contributed by atoms with E-state index in [9.17, 15) is 10.1 Å². The molecule has 0 bridgehead atoms. The molecule has 5 nitrogen and oxygen atoms in total. The van der Waals surface area contributed by atoms with Gasteiger partial charge >= 0.3 is 0 Å². The van der Waals surface area contributed by atoms with Crippen LogP contribution >= 0.6 is 15.9 Å². The lowest BCUT2D eigenvalue weighted by Crippen LogP contribution is -2.43. The van der Waals surface area contributed by atoms with Gasteiger partial charge in [0.05, 0.1) is 9.40 Å². The van der Waals surface area contributed by atoms with E-state index in [4.69, 9.17) is 0 Å². The van der Waals surface area contributed by atoms with Gasteiger partial charge in [0.1, 0.15) is 0 Å². The molecule has 0 saturated carbocycles. The first-order chi connectivity index (χ1) is 9.63. The molecular formula is C14H18BrN3O2. The first-order valence-electron chi connectivity index (χ1n) is 7.02. The van der Waals surface area contributed by atoms with Crippen molar-refractivity contribution >= 4 is 21.6 Å². The fourth-order valence-corrected chi connectivity index (χ4v) is 3.71. The lowest BCUT2D eigenvalue weighted by molar-refractivity contribution is -0.385. The molecule has 0 aromatic heterocycles. The van der Waals surface area contributed by atoms with E-state index >= 15 is 0 Å². The third-order valence-corrected chi connectivity index (χ3v) is 5.02. The number of benzene rings is 1. The maximum absolute atomic E-state index is 11.0. The van der Waals surface area contributed by atoms with Gasteiger partial charge in [0.2, 0.25) is 0 Å². The number of fused-ring (bicyclic) bond motifs is 1. The van der Waals surface area contributed by atoms with E-state index in [1.54, 1.807) is 12.1 Å². The molecule has 1 aromatic carbocycles. The fraction of sp³-hybridized carbons (Fsp3) is 0.571. The van der Waals surface area contributed by atoms with Gasteiger partial charge in [-0.1, -0.05) is 6.07 Å². The van der Waals surface area contributed by atoms with Crippen molar-refractivity contribution < 1.29 is 4.92 Å². The van der Waals surface area contributed by atoms with Crippen LogP contribution in [-0.2, 0) is 6.54 Å². The first kappa shape index (κ1) is 14.0. The molecule has 20 heavy (non-hydrogen) atoms. The Hall–Kier alpha value is -0.980. The largest absolute Gasteiger partial charge is 0.314 e. The Morgan fingerprint density at radius 2 is 2.30 bits per heavy atom. The van der Waals surface area contributed by atoms with Crippen molar-refractivity contribution in [2.45, 2.75) is 25.4 Å². The zero-order valence-electron chi connectivity index (χ0n) is 11.2. The van der Waals surface area contributed by atoms with Crippen molar-refractivity contribution in [3.05, 3.63) is 38.3 Å². The van der Waals surface area contributed by atoms with E-state index in [-0.39, 0.29) is 10.6 Å². The third kappa shape index (κ3) is 2.87. The molecule has 1 N–H and O–H groups in total. The molecule has 2 aliphatic rings. The van der Waals surface area contributed by atoms with Gasteiger partial charge in [0.15, 0.2) is 0 Å². The summed E-state index contributed by atoms with van der Waals surface area (Å²) < 4.78 is 0.546. The van der Waals surface area contributed by atoms with Crippen molar-refractivity contribution in [3.63, 3.8) is 0 Å². The molecule has 6 heteroatoms. The summed E-state index contributed by atoms with van der Waals surface area (Å²) in [4.78, 5) is 13.1. The highest BCUT2D eigenvalue weighted by Gasteiger charge is 2.32. The van der Waals surface area contributed by atoms with Crippen LogP contribution in [0.1, 0.15) is 18.4 Å². The van der Waals surface area contributed by atoms with Gasteiger partial charge in [-0.3, -0.25) is 15.0 Å². The van der Waals surface area contributed by atoms with Crippen LogP contribution in [0, 0.1) is 16.0 Å². The molecule has 1 aromatic rings. The van der Waals surface area contributed by atoms with Crippen LogP contribution in [-0.4, -0.2) is 35.5 Å². The molecule has 2 saturated heterocycles. The van der Waals surface area contributed by atoms with Crippen LogP contribution in [0.3, 0.4) is 0 Å². The van der Waals surface area contributed by atoms with E-state index in [1.807, 2.05) is 6.07 Å². The molecule has 0 radical (unpaired) electrons. The number of hydrogen-bond acceptors (Lipinski definition) is 4. The average Bonchev–Trinajstić information content (AvgIpc) is 2.88. The summed E-state index contributed by atoms with van der Waals surface area (Å²) in [6.45, 7) is 4.10. The lowest BCUT2D eigenvalue weighted by atomic mass is 9.93. The van der Waals surface area contributed by atoms with Gasteiger partial charge in [-0.05, 0) is 59.4 Å². The summed E-state index contributed by atoms with van der Waals surface area (Å²) in [6, 6.07) is 6.11. The van der Waals surface area contributed by atoms with E-state index in [0.717, 1.165) is 37.7 Å². The maximum atomic E-state index is 11.0. The monoisotopic (exact) mass is 339 g/mol. The van der Waals surface area contributed by atoms with E-state index in [2.05, 4.69) is 26.1 Å².